The van der Waals surface area contributed by atoms with Crippen molar-refractivity contribution in [3.8, 4) is 11.1 Å². The predicted octanol–water partition coefficient (Wildman–Crippen LogP) is 4.43. The van der Waals surface area contributed by atoms with E-state index in [4.69, 9.17) is 0 Å². The van der Waals surface area contributed by atoms with E-state index in [9.17, 15) is 0 Å². The van der Waals surface area contributed by atoms with Crippen LogP contribution in [0.4, 0.5) is 0 Å². The normalized spacial score (nSPS) is 19.2. The van der Waals surface area contributed by atoms with Crippen LogP contribution < -0.4 is 5.32 Å². The van der Waals surface area contributed by atoms with E-state index in [1.165, 1.54) is 22.3 Å². The molecule has 0 radical (unpaired) electrons. The van der Waals surface area contributed by atoms with Gasteiger partial charge in [-0.3, -0.25) is 5.32 Å². The highest BCUT2D eigenvalue weighted by atomic mass is 15.1. The molecule has 2 aromatic rings. The average Bonchev–Trinajstić information content (AvgIpc) is 2.56. The van der Waals surface area contributed by atoms with Crippen molar-refractivity contribution in [3.05, 3.63) is 59.7 Å². The summed E-state index contributed by atoms with van der Waals surface area (Å²) >= 11 is 0. The fourth-order valence-electron chi connectivity index (χ4n) is 3.33. The summed E-state index contributed by atoms with van der Waals surface area (Å²) in [4.78, 5) is 0. The van der Waals surface area contributed by atoms with Crippen molar-refractivity contribution in [1.82, 2.24) is 5.32 Å². The first-order valence-electron chi connectivity index (χ1n) is 6.90. The minimum absolute atomic E-state index is 0.0314. The van der Waals surface area contributed by atoms with Gasteiger partial charge in [-0.05, 0) is 56.0 Å². The van der Waals surface area contributed by atoms with Crippen LogP contribution in [0, 0.1) is 0 Å². The molecule has 0 unspecified atom stereocenters. The van der Waals surface area contributed by atoms with Crippen LogP contribution in [0.15, 0.2) is 48.5 Å². The predicted molar refractivity (Wildman–Crippen MR) is 81.1 cm³/mol. The summed E-state index contributed by atoms with van der Waals surface area (Å²) in [5.41, 5.74) is 5.49. The Morgan fingerprint density at radius 1 is 0.684 bits per heavy atom. The summed E-state index contributed by atoms with van der Waals surface area (Å²) in [5.74, 6) is 0. The van der Waals surface area contributed by atoms with Crippen molar-refractivity contribution in [1.29, 1.82) is 0 Å². The molecule has 0 aromatic heterocycles. The van der Waals surface area contributed by atoms with E-state index in [0.29, 0.717) is 0 Å². The first-order valence-corrected chi connectivity index (χ1v) is 6.90. The van der Waals surface area contributed by atoms with Crippen LogP contribution in [0.2, 0.25) is 0 Å². The maximum atomic E-state index is 3.71. The second-order valence-electron chi connectivity index (χ2n) is 6.50. The van der Waals surface area contributed by atoms with Crippen molar-refractivity contribution in [2.75, 3.05) is 0 Å². The van der Waals surface area contributed by atoms with Crippen molar-refractivity contribution < 1.29 is 0 Å². The van der Waals surface area contributed by atoms with Crippen LogP contribution in [0.25, 0.3) is 11.1 Å². The largest absolute Gasteiger partial charge is 0.299 e. The molecule has 0 saturated carbocycles. The minimum atomic E-state index is 0.0314. The van der Waals surface area contributed by atoms with E-state index >= 15 is 0 Å². The molecule has 0 amide bonds. The number of hydrogen-bond acceptors (Lipinski definition) is 1. The first-order chi connectivity index (χ1) is 8.90. The summed E-state index contributed by atoms with van der Waals surface area (Å²) in [7, 11) is 0. The van der Waals surface area contributed by atoms with Crippen LogP contribution in [-0.2, 0) is 11.1 Å². The number of rotatable bonds is 1. The van der Waals surface area contributed by atoms with Gasteiger partial charge in [-0.1, -0.05) is 42.5 Å². The van der Waals surface area contributed by atoms with Gasteiger partial charge in [0, 0.05) is 11.1 Å². The average molecular weight is 251 g/mol. The highest BCUT2D eigenvalue weighted by Crippen LogP contribution is 2.42. The Morgan fingerprint density at radius 2 is 1.32 bits per heavy atom. The van der Waals surface area contributed by atoms with Crippen molar-refractivity contribution >= 4 is 0 Å². The quantitative estimate of drug-likeness (QED) is 0.790. The summed E-state index contributed by atoms with van der Waals surface area (Å²) in [6.07, 6.45) is 0. The fourth-order valence-corrected chi connectivity index (χ4v) is 3.33. The summed E-state index contributed by atoms with van der Waals surface area (Å²) in [5, 5.41) is 3.71. The van der Waals surface area contributed by atoms with E-state index in [2.05, 4.69) is 81.5 Å². The summed E-state index contributed by atoms with van der Waals surface area (Å²) in [6, 6.07) is 17.4. The molecule has 2 aromatic carbocycles. The highest BCUT2D eigenvalue weighted by molar-refractivity contribution is 5.66. The molecule has 3 rings (SSSR count). The molecule has 1 heteroatoms. The van der Waals surface area contributed by atoms with Crippen molar-refractivity contribution in [2.24, 2.45) is 0 Å². The number of hydrogen-bond donors (Lipinski definition) is 1. The zero-order valence-electron chi connectivity index (χ0n) is 12.1. The molecule has 98 valence electrons. The molecule has 0 fully saturated rings. The molecule has 0 aliphatic carbocycles. The zero-order chi connectivity index (χ0) is 13.7. The lowest BCUT2D eigenvalue weighted by atomic mass is 9.88. The van der Waals surface area contributed by atoms with Crippen LogP contribution in [0.1, 0.15) is 38.8 Å². The van der Waals surface area contributed by atoms with Crippen molar-refractivity contribution in [2.45, 2.75) is 38.8 Å². The van der Waals surface area contributed by atoms with Gasteiger partial charge < -0.3 is 0 Å². The van der Waals surface area contributed by atoms with Gasteiger partial charge >= 0.3 is 0 Å². The maximum absolute atomic E-state index is 3.71. The van der Waals surface area contributed by atoms with Crippen LogP contribution in [0.5, 0.6) is 0 Å². The Kier molecular flexibility index (Phi) is 2.58. The van der Waals surface area contributed by atoms with E-state index in [1.54, 1.807) is 0 Å². The maximum Gasteiger partial charge on any atom is 0.0388 e. The van der Waals surface area contributed by atoms with Crippen LogP contribution >= 0.6 is 0 Å². The Bertz CT molecular complexity index is 609. The SMILES string of the molecule is CC1(C)NC(C)(C)c2cc(-c3ccccc3)ccc21. The Labute approximate surface area is 115 Å². The van der Waals surface area contributed by atoms with Gasteiger partial charge in [-0.2, -0.15) is 0 Å². The summed E-state index contributed by atoms with van der Waals surface area (Å²) < 4.78 is 0. The molecule has 0 bridgehead atoms. The summed E-state index contributed by atoms with van der Waals surface area (Å²) in [6.45, 7) is 9.02. The molecule has 0 atom stereocenters. The monoisotopic (exact) mass is 251 g/mol. The molecular weight excluding hydrogens is 230 g/mol. The lowest BCUT2D eigenvalue weighted by Gasteiger charge is -2.25. The van der Waals surface area contributed by atoms with E-state index in [0.717, 1.165) is 0 Å². The van der Waals surface area contributed by atoms with E-state index in [1.807, 2.05) is 0 Å². The molecule has 0 spiro atoms. The minimum Gasteiger partial charge on any atom is -0.299 e. The highest BCUT2D eigenvalue weighted by Gasteiger charge is 2.40. The van der Waals surface area contributed by atoms with Gasteiger partial charge in [0.2, 0.25) is 0 Å². The lowest BCUT2D eigenvalue weighted by molar-refractivity contribution is 0.319. The second-order valence-corrected chi connectivity index (χ2v) is 6.50. The Morgan fingerprint density at radius 3 is 2.00 bits per heavy atom. The second kappa shape index (κ2) is 3.94. The molecule has 19 heavy (non-hydrogen) atoms. The van der Waals surface area contributed by atoms with Gasteiger partial charge in [0.1, 0.15) is 0 Å². The molecular formula is C18H21N. The van der Waals surface area contributed by atoms with Crippen molar-refractivity contribution in [3.63, 3.8) is 0 Å². The van der Waals surface area contributed by atoms with E-state index < -0.39 is 0 Å². The molecule has 1 aliphatic rings. The van der Waals surface area contributed by atoms with E-state index in [-0.39, 0.29) is 11.1 Å². The van der Waals surface area contributed by atoms with Gasteiger partial charge in [-0.25, -0.2) is 0 Å². The molecule has 1 N–H and O–H groups in total. The van der Waals surface area contributed by atoms with Crippen LogP contribution in [-0.4, -0.2) is 0 Å². The molecule has 1 aliphatic heterocycles. The Balaban J connectivity index is 2.16. The third kappa shape index (κ3) is 1.98. The standard InChI is InChI=1S/C18H21N/c1-17(2)15-11-10-14(13-8-6-5-7-9-13)12-16(15)18(3,4)19-17/h5-12,19H,1-4H3. The number of fused-ring (bicyclic) bond motifs is 1. The first kappa shape index (κ1) is 12.4. The van der Waals surface area contributed by atoms with Gasteiger partial charge in [0.05, 0.1) is 0 Å². The Hall–Kier alpha value is -1.60. The van der Waals surface area contributed by atoms with Gasteiger partial charge in [0.15, 0.2) is 0 Å². The molecule has 0 saturated heterocycles. The van der Waals surface area contributed by atoms with Gasteiger partial charge in [-0.15, -0.1) is 0 Å². The zero-order valence-corrected chi connectivity index (χ0v) is 12.1. The number of benzene rings is 2. The lowest BCUT2D eigenvalue weighted by Crippen LogP contribution is -2.39. The fraction of sp³-hybridized carbons (Fsp3) is 0.333. The van der Waals surface area contributed by atoms with Gasteiger partial charge in [0.25, 0.3) is 0 Å². The smallest absolute Gasteiger partial charge is 0.0388 e. The number of nitrogens with one attached hydrogen (secondary N) is 1. The third-order valence-electron chi connectivity index (χ3n) is 4.10. The molecule has 1 heterocycles. The molecule has 1 nitrogen and oxygen atoms in total. The third-order valence-corrected chi connectivity index (χ3v) is 4.10. The topological polar surface area (TPSA) is 12.0 Å². The van der Waals surface area contributed by atoms with Crippen LogP contribution in [0.3, 0.4) is 0 Å².